The average Bonchev–Trinajstić information content (AvgIpc) is 2.80. The Morgan fingerprint density at radius 2 is 1.61 bits per heavy atom. The Morgan fingerprint density at radius 3 is 2.33 bits per heavy atom. The summed E-state index contributed by atoms with van der Waals surface area (Å²) in [6, 6.07) is 19.9. The van der Waals surface area contributed by atoms with Crippen LogP contribution in [0.3, 0.4) is 0 Å². The summed E-state index contributed by atoms with van der Waals surface area (Å²) in [6.45, 7) is 2.07. The molecule has 1 amide bonds. The van der Waals surface area contributed by atoms with E-state index in [2.05, 4.69) is 15.0 Å². The van der Waals surface area contributed by atoms with Crippen LogP contribution in [0.25, 0.3) is 10.9 Å². The number of nitrogens with one attached hydrogen (secondary N) is 2. The van der Waals surface area contributed by atoms with Crippen molar-refractivity contribution in [2.45, 2.75) is 24.8 Å². The van der Waals surface area contributed by atoms with E-state index in [0.29, 0.717) is 22.3 Å². The van der Waals surface area contributed by atoms with E-state index in [0.717, 1.165) is 5.56 Å². The highest BCUT2D eigenvalue weighted by Crippen LogP contribution is 2.19. The van der Waals surface area contributed by atoms with Crippen LogP contribution < -0.4 is 15.6 Å². The fourth-order valence-electron chi connectivity index (χ4n) is 3.26. The van der Waals surface area contributed by atoms with Crippen LogP contribution in [0.5, 0.6) is 0 Å². The fraction of sp³-hybridized carbons (Fsp3) is 0.125. The van der Waals surface area contributed by atoms with Gasteiger partial charge in [0.2, 0.25) is 5.91 Å². The molecule has 0 atom stereocenters. The number of carbonyl (C=O) groups excluding carboxylic acids is 1. The van der Waals surface area contributed by atoms with Crippen LogP contribution >= 0.6 is 0 Å². The van der Waals surface area contributed by atoms with Crippen LogP contribution in [0, 0.1) is 6.92 Å². The summed E-state index contributed by atoms with van der Waals surface area (Å²) >= 11 is 0. The van der Waals surface area contributed by atoms with Crippen molar-refractivity contribution in [3.8, 4) is 0 Å². The SMILES string of the molecule is Cc1ccc(S(=O)(=O)Nc2ccc(NC(=O)CCn3cnc4ccccc4c3=O)cc2)cc1. The third kappa shape index (κ3) is 5.27. The summed E-state index contributed by atoms with van der Waals surface area (Å²) < 4.78 is 28.9. The maximum atomic E-state index is 12.5. The topological polar surface area (TPSA) is 110 Å². The van der Waals surface area contributed by atoms with Gasteiger partial charge in [-0.1, -0.05) is 29.8 Å². The summed E-state index contributed by atoms with van der Waals surface area (Å²) in [5.41, 5.74) is 2.28. The van der Waals surface area contributed by atoms with Crippen LogP contribution in [0.4, 0.5) is 11.4 Å². The van der Waals surface area contributed by atoms with Gasteiger partial charge in [0, 0.05) is 24.3 Å². The molecule has 0 unspecified atom stereocenters. The predicted molar refractivity (Wildman–Crippen MR) is 128 cm³/mol. The van der Waals surface area contributed by atoms with Crippen molar-refractivity contribution in [2.75, 3.05) is 10.0 Å². The van der Waals surface area contributed by atoms with Crippen molar-refractivity contribution in [1.29, 1.82) is 0 Å². The van der Waals surface area contributed by atoms with E-state index in [1.807, 2.05) is 13.0 Å². The minimum atomic E-state index is -3.70. The van der Waals surface area contributed by atoms with Gasteiger partial charge >= 0.3 is 0 Å². The smallest absolute Gasteiger partial charge is 0.261 e. The van der Waals surface area contributed by atoms with Crippen molar-refractivity contribution < 1.29 is 13.2 Å². The number of para-hydroxylation sites is 1. The average molecular weight is 463 g/mol. The molecule has 8 nitrogen and oxygen atoms in total. The molecule has 0 saturated carbocycles. The number of aromatic nitrogens is 2. The zero-order valence-corrected chi connectivity index (χ0v) is 18.7. The standard InChI is InChI=1S/C24H22N4O4S/c1-17-6-12-20(13-7-17)33(31,32)27-19-10-8-18(9-11-19)26-23(29)14-15-28-16-25-22-5-3-2-4-21(22)24(28)30/h2-13,16,27H,14-15H2,1H3,(H,26,29). The molecule has 3 aromatic carbocycles. The molecule has 2 N–H and O–H groups in total. The van der Waals surface area contributed by atoms with E-state index in [9.17, 15) is 18.0 Å². The van der Waals surface area contributed by atoms with Crippen LogP contribution in [0.2, 0.25) is 0 Å². The lowest BCUT2D eigenvalue weighted by molar-refractivity contribution is -0.116. The Morgan fingerprint density at radius 1 is 0.939 bits per heavy atom. The van der Waals surface area contributed by atoms with E-state index in [4.69, 9.17) is 0 Å². The highest BCUT2D eigenvalue weighted by atomic mass is 32.2. The molecule has 0 aliphatic carbocycles. The lowest BCUT2D eigenvalue weighted by Gasteiger charge is -2.10. The van der Waals surface area contributed by atoms with Gasteiger partial charge in [0.1, 0.15) is 0 Å². The van der Waals surface area contributed by atoms with E-state index < -0.39 is 10.0 Å². The first kappa shape index (κ1) is 22.2. The van der Waals surface area contributed by atoms with Crippen LogP contribution in [-0.4, -0.2) is 23.9 Å². The molecule has 4 rings (SSSR count). The first-order chi connectivity index (χ1) is 15.8. The number of benzene rings is 3. The second-order valence-corrected chi connectivity index (χ2v) is 9.24. The Bertz CT molecular complexity index is 1460. The quantitative estimate of drug-likeness (QED) is 0.437. The monoisotopic (exact) mass is 462 g/mol. The van der Waals surface area contributed by atoms with Gasteiger partial charge in [-0.15, -0.1) is 0 Å². The fourth-order valence-corrected chi connectivity index (χ4v) is 4.32. The van der Waals surface area contributed by atoms with Crippen molar-refractivity contribution >= 4 is 38.2 Å². The molecule has 1 heterocycles. The van der Waals surface area contributed by atoms with Gasteiger partial charge in [-0.05, 0) is 55.5 Å². The third-order valence-electron chi connectivity index (χ3n) is 5.06. The molecule has 0 spiro atoms. The number of rotatable bonds is 7. The zero-order valence-electron chi connectivity index (χ0n) is 17.9. The normalized spacial score (nSPS) is 11.3. The Hall–Kier alpha value is -3.98. The van der Waals surface area contributed by atoms with Crippen LogP contribution in [0.1, 0.15) is 12.0 Å². The Balaban J connectivity index is 1.36. The second kappa shape index (κ2) is 9.25. The van der Waals surface area contributed by atoms with Crippen LogP contribution in [0.15, 0.2) is 88.8 Å². The number of nitrogens with zero attached hydrogens (tertiary/aromatic N) is 2. The molecule has 0 aliphatic rings. The number of amides is 1. The summed E-state index contributed by atoms with van der Waals surface area (Å²) in [6.07, 6.45) is 1.52. The number of sulfonamides is 1. The van der Waals surface area contributed by atoms with Gasteiger partial charge in [-0.3, -0.25) is 18.9 Å². The van der Waals surface area contributed by atoms with Gasteiger partial charge in [-0.25, -0.2) is 13.4 Å². The molecule has 1 aromatic heterocycles. The predicted octanol–water partition coefficient (Wildman–Crippen LogP) is 3.53. The van der Waals surface area contributed by atoms with Gasteiger partial charge in [0.25, 0.3) is 15.6 Å². The molecule has 0 fully saturated rings. The van der Waals surface area contributed by atoms with E-state index in [-0.39, 0.29) is 29.3 Å². The third-order valence-corrected chi connectivity index (χ3v) is 6.46. The van der Waals surface area contributed by atoms with Crippen molar-refractivity contribution in [1.82, 2.24) is 9.55 Å². The maximum absolute atomic E-state index is 12.5. The van der Waals surface area contributed by atoms with E-state index in [1.165, 1.54) is 10.9 Å². The number of fused-ring (bicyclic) bond motifs is 1. The number of aryl methyl sites for hydroxylation is 2. The molecule has 9 heteroatoms. The number of hydrogen-bond acceptors (Lipinski definition) is 5. The largest absolute Gasteiger partial charge is 0.326 e. The Labute approximate surface area is 191 Å². The number of carbonyl (C=O) groups is 1. The molecule has 0 bridgehead atoms. The first-order valence-corrected chi connectivity index (χ1v) is 11.7. The van der Waals surface area contributed by atoms with Gasteiger partial charge in [-0.2, -0.15) is 0 Å². The Kier molecular flexibility index (Phi) is 6.23. The van der Waals surface area contributed by atoms with Gasteiger partial charge < -0.3 is 5.32 Å². The lowest BCUT2D eigenvalue weighted by atomic mass is 10.2. The highest BCUT2D eigenvalue weighted by Gasteiger charge is 2.14. The zero-order chi connectivity index (χ0) is 23.4. The second-order valence-electron chi connectivity index (χ2n) is 7.55. The van der Waals surface area contributed by atoms with E-state index >= 15 is 0 Å². The molecule has 168 valence electrons. The molecular formula is C24H22N4O4S. The molecule has 33 heavy (non-hydrogen) atoms. The molecule has 0 saturated heterocycles. The van der Waals surface area contributed by atoms with E-state index in [1.54, 1.807) is 66.7 Å². The summed E-state index contributed by atoms with van der Waals surface area (Å²) in [5, 5.41) is 3.25. The molecule has 4 aromatic rings. The summed E-state index contributed by atoms with van der Waals surface area (Å²) in [7, 11) is -3.70. The van der Waals surface area contributed by atoms with Crippen molar-refractivity contribution in [3.63, 3.8) is 0 Å². The minimum absolute atomic E-state index is 0.0851. The first-order valence-electron chi connectivity index (χ1n) is 10.3. The summed E-state index contributed by atoms with van der Waals surface area (Å²) in [5.74, 6) is -0.275. The maximum Gasteiger partial charge on any atom is 0.261 e. The highest BCUT2D eigenvalue weighted by molar-refractivity contribution is 7.92. The summed E-state index contributed by atoms with van der Waals surface area (Å²) in [4.78, 5) is 29.2. The van der Waals surface area contributed by atoms with Gasteiger partial charge in [0.15, 0.2) is 0 Å². The molecule has 0 radical (unpaired) electrons. The lowest BCUT2D eigenvalue weighted by Crippen LogP contribution is -2.23. The molecule has 0 aliphatic heterocycles. The molecular weight excluding hydrogens is 440 g/mol. The number of hydrogen-bond donors (Lipinski definition) is 2. The minimum Gasteiger partial charge on any atom is -0.326 e. The van der Waals surface area contributed by atoms with Gasteiger partial charge in [0.05, 0.1) is 22.1 Å². The number of anilines is 2. The van der Waals surface area contributed by atoms with Crippen molar-refractivity contribution in [2.24, 2.45) is 0 Å². The van der Waals surface area contributed by atoms with Crippen LogP contribution in [-0.2, 0) is 21.4 Å². The van der Waals surface area contributed by atoms with Crippen molar-refractivity contribution in [3.05, 3.63) is 95.0 Å².